The van der Waals surface area contributed by atoms with Crippen LogP contribution in [0, 0.1) is 0 Å². The number of hydrogen-bond acceptors (Lipinski definition) is 1. The zero-order valence-corrected chi connectivity index (χ0v) is 8.89. The van der Waals surface area contributed by atoms with Crippen LogP contribution in [-0.4, -0.2) is 18.3 Å². The summed E-state index contributed by atoms with van der Waals surface area (Å²) in [5.74, 6) is 0. The topological polar surface area (TPSA) is 14.2 Å². The molecule has 2 heteroatoms. The van der Waals surface area contributed by atoms with E-state index in [9.17, 15) is 0 Å². The molecule has 1 aromatic carbocycles. The lowest BCUT2D eigenvalue weighted by atomic mass is 10.1. The van der Waals surface area contributed by atoms with Crippen LogP contribution in [0.4, 0.5) is 0 Å². The summed E-state index contributed by atoms with van der Waals surface area (Å²) in [6.07, 6.45) is 4.23. The highest BCUT2D eigenvalue weighted by molar-refractivity contribution is 5.62. The standard InChI is InChI=1S/C13H15NO/c1-15-10-9-14-8-7-13(11-14)12-5-3-2-4-6-12/h2-8,11H,9-10H2,1H3. The quantitative estimate of drug-likeness (QED) is 0.742. The molecule has 15 heavy (non-hydrogen) atoms. The zero-order valence-electron chi connectivity index (χ0n) is 8.89. The van der Waals surface area contributed by atoms with Gasteiger partial charge in [0.15, 0.2) is 0 Å². The lowest BCUT2D eigenvalue weighted by Crippen LogP contribution is -2.00. The zero-order chi connectivity index (χ0) is 10.5. The minimum atomic E-state index is 0.753. The highest BCUT2D eigenvalue weighted by Gasteiger charge is 1.98. The SMILES string of the molecule is COCCn1ccc(-c2ccccc2)c1. The van der Waals surface area contributed by atoms with Crippen LogP contribution in [0.1, 0.15) is 0 Å². The van der Waals surface area contributed by atoms with Crippen molar-refractivity contribution in [3.63, 3.8) is 0 Å². The lowest BCUT2D eigenvalue weighted by molar-refractivity contribution is 0.187. The molecule has 0 atom stereocenters. The summed E-state index contributed by atoms with van der Waals surface area (Å²) in [7, 11) is 1.72. The molecule has 2 rings (SSSR count). The molecule has 2 nitrogen and oxygen atoms in total. The number of nitrogens with zero attached hydrogens (tertiary/aromatic N) is 1. The predicted octanol–water partition coefficient (Wildman–Crippen LogP) is 2.80. The Bertz CT molecular complexity index is 405. The molecular formula is C13H15NO. The molecule has 0 aliphatic carbocycles. The van der Waals surface area contributed by atoms with E-state index < -0.39 is 0 Å². The fourth-order valence-corrected chi connectivity index (χ4v) is 1.58. The molecule has 1 heterocycles. The van der Waals surface area contributed by atoms with Gasteiger partial charge in [0.05, 0.1) is 6.61 Å². The van der Waals surface area contributed by atoms with Gasteiger partial charge in [-0.15, -0.1) is 0 Å². The number of hydrogen-bond donors (Lipinski definition) is 0. The van der Waals surface area contributed by atoms with E-state index in [0.717, 1.165) is 13.2 Å². The van der Waals surface area contributed by atoms with Crippen molar-refractivity contribution in [3.05, 3.63) is 48.8 Å². The van der Waals surface area contributed by atoms with Gasteiger partial charge in [-0.05, 0) is 17.2 Å². The molecule has 0 fully saturated rings. The van der Waals surface area contributed by atoms with Crippen molar-refractivity contribution in [2.45, 2.75) is 6.54 Å². The summed E-state index contributed by atoms with van der Waals surface area (Å²) in [6, 6.07) is 12.5. The average molecular weight is 201 g/mol. The number of rotatable bonds is 4. The van der Waals surface area contributed by atoms with Crippen molar-refractivity contribution < 1.29 is 4.74 Å². The summed E-state index contributed by atoms with van der Waals surface area (Å²) >= 11 is 0. The molecule has 1 aromatic heterocycles. The molecule has 0 unspecified atom stereocenters. The van der Waals surface area contributed by atoms with E-state index in [-0.39, 0.29) is 0 Å². The van der Waals surface area contributed by atoms with Gasteiger partial charge in [-0.1, -0.05) is 30.3 Å². The maximum absolute atomic E-state index is 5.04. The van der Waals surface area contributed by atoms with Gasteiger partial charge in [-0.3, -0.25) is 0 Å². The molecule has 78 valence electrons. The van der Waals surface area contributed by atoms with E-state index in [2.05, 4.69) is 47.3 Å². The minimum Gasteiger partial charge on any atom is -0.383 e. The smallest absolute Gasteiger partial charge is 0.0641 e. The average Bonchev–Trinajstić information content (AvgIpc) is 2.76. The Labute approximate surface area is 90.1 Å². The van der Waals surface area contributed by atoms with Gasteiger partial charge in [-0.25, -0.2) is 0 Å². The molecule has 0 saturated heterocycles. The van der Waals surface area contributed by atoms with E-state index in [1.807, 2.05) is 6.07 Å². The van der Waals surface area contributed by atoms with Crippen molar-refractivity contribution in [2.24, 2.45) is 0 Å². The molecule has 0 aliphatic rings. The molecule has 2 aromatic rings. The van der Waals surface area contributed by atoms with Crippen molar-refractivity contribution in [3.8, 4) is 11.1 Å². The van der Waals surface area contributed by atoms with E-state index in [4.69, 9.17) is 4.74 Å². The van der Waals surface area contributed by atoms with Crippen molar-refractivity contribution in [1.82, 2.24) is 4.57 Å². The number of aromatic nitrogens is 1. The lowest BCUT2D eigenvalue weighted by Gasteiger charge is -2.00. The molecule has 0 N–H and O–H groups in total. The Morgan fingerprint density at radius 2 is 1.87 bits per heavy atom. The summed E-state index contributed by atoms with van der Waals surface area (Å²) in [4.78, 5) is 0. The largest absolute Gasteiger partial charge is 0.383 e. The highest BCUT2D eigenvalue weighted by atomic mass is 16.5. The molecule has 0 amide bonds. The van der Waals surface area contributed by atoms with Crippen LogP contribution in [0.15, 0.2) is 48.8 Å². The Hall–Kier alpha value is -1.54. The highest BCUT2D eigenvalue weighted by Crippen LogP contribution is 2.18. The van der Waals surface area contributed by atoms with Gasteiger partial charge in [-0.2, -0.15) is 0 Å². The molecule has 0 aliphatic heterocycles. The van der Waals surface area contributed by atoms with Gasteiger partial charge in [0.1, 0.15) is 0 Å². The van der Waals surface area contributed by atoms with Crippen LogP contribution in [0.25, 0.3) is 11.1 Å². The first-order chi connectivity index (χ1) is 7.40. The summed E-state index contributed by atoms with van der Waals surface area (Å²) in [5, 5.41) is 0. The van der Waals surface area contributed by atoms with Crippen LogP contribution >= 0.6 is 0 Å². The Morgan fingerprint density at radius 3 is 2.60 bits per heavy atom. The fraction of sp³-hybridized carbons (Fsp3) is 0.231. The molecule has 0 saturated carbocycles. The van der Waals surface area contributed by atoms with Gasteiger partial charge >= 0.3 is 0 Å². The fourth-order valence-electron chi connectivity index (χ4n) is 1.58. The summed E-state index contributed by atoms with van der Waals surface area (Å²) in [5.41, 5.74) is 2.51. The third-order valence-electron chi connectivity index (χ3n) is 2.41. The van der Waals surface area contributed by atoms with E-state index >= 15 is 0 Å². The van der Waals surface area contributed by atoms with Gasteiger partial charge in [0.2, 0.25) is 0 Å². The van der Waals surface area contributed by atoms with E-state index in [0.29, 0.717) is 0 Å². The Kier molecular flexibility index (Phi) is 3.20. The summed E-state index contributed by atoms with van der Waals surface area (Å²) in [6.45, 7) is 1.66. The van der Waals surface area contributed by atoms with Crippen molar-refractivity contribution in [1.29, 1.82) is 0 Å². The minimum absolute atomic E-state index is 0.753. The van der Waals surface area contributed by atoms with Crippen LogP contribution in [0.2, 0.25) is 0 Å². The Morgan fingerprint density at radius 1 is 1.07 bits per heavy atom. The first-order valence-electron chi connectivity index (χ1n) is 5.10. The third-order valence-corrected chi connectivity index (χ3v) is 2.41. The monoisotopic (exact) mass is 201 g/mol. The Balaban J connectivity index is 2.14. The first-order valence-corrected chi connectivity index (χ1v) is 5.10. The summed E-state index contributed by atoms with van der Waals surface area (Å²) < 4.78 is 7.18. The second-order valence-electron chi connectivity index (χ2n) is 3.50. The normalized spacial score (nSPS) is 10.5. The number of ether oxygens (including phenoxy) is 1. The van der Waals surface area contributed by atoms with Crippen LogP contribution in [0.5, 0.6) is 0 Å². The van der Waals surface area contributed by atoms with Crippen LogP contribution in [-0.2, 0) is 11.3 Å². The van der Waals surface area contributed by atoms with Gasteiger partial charge < -0.3 is 9.30 Å². The van der Waals surface area contributed by atoms with Crippen molar-refractivity contribution in [2.75, 3.05) is 13.7 Å². The van der Waals surface area contributed by atoms with Crippen LogP contribution < -0.4 is 0 Å². The van der Waals surface area contributed by atoms with Crippen molar-refractivity contribution >= 4 is 0 Å². The van der Waals surface area contributed by atoms with Gasteiger partial charge in [0.25, 0.3) is 0 Å². The maximum atomic E-state index is 5.04. The number of methoxy groups -OCH3 is 1. The predicted molar refractivity (Wildman–Crippen MR) is 61.7 cm³/mol. The molecule has 0 spiro atoms. The van der Waals surface area contributed by atoms with E-state index in [1.54, 1.807) is 7.11 Å². The molecule has 0 bridgehead atoms. The molecule has 0 radical (unpaired) electrons. The van der Waals surface area contributed by atoms with Gasteiger partial charge in [0, 0.05) is 26.0 Å². The molecular weight excluding hydrogens is 186 g/mol. The third kappa shape index (κ3) is 2.48. The van der Waals surface area contributed by atoms with E-state index in [1.165, 1.54) is 11.1 Å². The first kappa shape index (κ1) is 9.99. The number of benzene rings is 1. The van der Waals surface area contributed by atoms with Crippen LogP contribution in [0.3, 0.4) is 0 Å². The second-order valence-corrected chi connectivity index (χ2v) is 3.50. The second kappa shape index (κ2) is 4.80. The maximum Gasteiger partial charge on any atom is 0.0641 e.